The summed E-state index contributed by atoms with van der Waals surface area (Å²) < 4.78 is 55.2. The quantitative estimate of drug-likeness (QED) is 0.158. The summed E-state index contributed by atoms with van der Waals surface area (Å²) in [6, 6.07) is 0. The fourth-order valence-electron chi connectivity index (χ4n) is 4.46. The van der Waals surface area contributed by atoms with E-state index in [1.807, 2.05) is 0 Å². The van der Waals surface area contributed by atoms with Crippen LogP contribution in [-0.2, 0) is 80.9 Å². The Morgan fingerprint density at radius 3 is 1.27 bits per heavy atom. The fraction of sp³-hybridized carbons (Fsp3) is 0.731. The van der Waals surface area contributed by atoms with Crippen molar-refractivity contribution in [2.45, 2.75) is 109 Å². The van der Waals surface area contributed by atoms with E-state index in [0.29, 0.717) is 0 Å². The summed E-state index contributed by atoms with van der Waals surface area (Å²) in [5, 5.41) is -1.09. The molecule has 0 N–H and O–H groups in total. The molecule has 2 fully saturated rings. The summed E-state index contributed by atoms with van der Waals surface area (Å²) in [5.41, 5.74) is 0. The van der Waals surface area contributed by atoms with E-state index >= 15 is 0 Å². The maximum atomic E-state index is 12.2. The maximum Gasteiger partial charge on any atom is 0.303 e. The summed E-state index contributed by atoms with van der Waals surface area (Å²) in [7, 11) is 0. The van der Waals surface area contributed by atoms with Gasteiger partial charge < -0.3 is 47.4 Å². The third kappa shape index (κ3) is 11.0. The molecule has 0 aromatic rings. The summed E-state index contributed by atoms with van der Waals surface area (Å²) in [4.78, 5) is 83.8. The molecule has 0 aromatic heterocycles. The molecule has 44 heavy (non-hydrogen) atoms. The minimum Gasteiger partial charge on any atom is -0.463 e. The molecule has 0 radical (unpaired) electrons. The smallest absolute Gasteiger partial charge is 0.303 e. The summed E-state index contributed by atoms with van der Waals surface area (Å²) in [6.07, 6.45) is -13.2. The van der Waals surface area contributed by atoms with Crippen LogP contribution in [0, 0.1) is 0 Å². The van der Waals surface area contributed by atoms with Crippen molar-refractivity contribution in [3.05, 3.63) is 0 Å². The normalized spacial score (nSPS) is 31.5. The van der Waals surface area contributed by atoms with Crippen molar-refractivity contribution in [1.82, 2.24) is 0 Å². The second-order valence-electron chi connectivity index (χ2n) is 9.64. The first-order chi connectivity index (χ1) is 20.5. The van der Waals surface area contributed by atoms with Crippen molar-refractivity contribution in [2.24, 2.45) is 0 Å². The number of hydrogen-bond acceptors (Lipinski definition) is 17. The van der Waals surface area contributed by atoms with Crippen LogP contribution in [0.4, 0.5) is 0 Å². The fourth-order valence-corrected chi connectivity index (χ4v) is 5.15. The van der Waals surface area contributed by atoms with Crippen molar-refractivity contribution >= 4 is 57.7 Å². The van der Waals surface area contributed by atoms with Crippen molar-refractivity contribution in [2.75, 3.05) is 13.2 Å². The van der Waals surface area contributed by atoms with E-state index in [2.05, 4.69) is 15.9 Å². The van der Waals surface area contributed by atoms with Gasteiger partial charge in [0.2, 0.25) is 0 Å². The minimum absolute atomic E-state index is 0.460. The molecule has 2 saturated heterocycles. The number of carbonyl (C=O) groups excluding carboxylic acids is 7. The van der Waals surface area contributed by atoms with E-state index < -0.39 is 115 Å². The Labute approximate surface area is 260 Å². The average molecular weight is 699 g/mol. The Morgan fingerprint density at radius 2 is 0.841 bits per heavy atom. The van der Waals surface area contributed by atoms with Crippen LogP contribution in [0.25, 0.3) is 0 Å². The second-order valence-corrected chi connectivity index (χ2v) is 10.5. The molecular weight excluding hydrogens is 664 g/mol. The van der Waals surface area contributed by atoms with Crippen LogP contribution in [0.15, 0.2) is 0 Å². The third-order valence-corrected chi connectivity index (χ3v) is 6.61. The number of ether oxygens (including phenoxy) is 10. The Balaban J connectivity index is 2.66. The number of rotatable bonds is 11. The van der Waals surface area contributed by atoms with Crippen molar-refractivity contribution in [3.63, 3.8) is 0 Å². The SMILES string of the molecule is CC(=O)OCC1O[C@@H](O[C@H]2C(COC(C)=O)O[C@@H](Br)C(OC(C)=O)[C@H]2OC(C)=O)C(OC(C)=O)[C@@H](OC(C)=O)[C@H]1OC(C)=O. The van der Waals surface area contributed by atoms with Crippen molar-refractivity contribution in [3.8, 4) is 0 Å². The van der Waals surface area contributed by atoms with Gasteiger partial charge in [0.25, 0.3) is 0 Å². The highest BCUT2D eigenvalue weighted by Gasteiger charge is 2.57. The van der Waals surface area contributed by atoms with Crippen LogP contribution in [0.1, 0.15) is 48.5 Å². The van der Waals surface area contributed by atoms with Crippen LogP contribution < -0.4 is 0 Å². The Bertz CT molecular complexity index is 1090. The molecule has 2 rings (SSSR count). The monoisotopic (exact) mass is 698 g/mol. The van der Waals surface area contributed by atoms with Gasteiger partial charge in [-0.15, -0.1) is 0 Å². The first kappa shape index (κ1) is 36.8. The van der Waals surface area contributed by atoms with E-state index in [9.17, 15) is 33.6 Å². The standard InChI is InChI=1S/C26H35BrO17/c1-10(28)35-8-17-20(21(38-13(4)31)23(25(27)42-17)40-15(6)33)44-26-24(41-16(7)34)22(39-14(5)32)19(37-12(3)30)18(43-26)9-36-11(2)29/h17-26H,8-9H2,1-7H3/t17?,18?,19-,20-,21-,22-,23?,24?,25+,26-/m0/s1. The lowest BCUT2D eigenvalue weighted by Crippen LogP contribution is -2.66. The Kier molecular flexibility index (Phi) is 13.9. The zero-order valence-corrected chi connectivity index (χ0v) is 26.6. The van der Waals surface area contributed by atoms with Gasteiger partial charge >= 0.3 is 41.8 Å². The Hall–Kier alpha value is -3.35. The molecule has 2 heterocycles. The van der Waals surface area contributed by atoms with E-state index in [1.165, 1.54) is 0 Å². The maximum absolute atomic E-state index is 12.2. The van der Waals surface area contributed by atoms with E-state index in [0.717, 1.165) is 48.5 Å². The van der Waals surface area contributed by atoms with E-state index in [-0.39, 0.29) is 0 Å². The molecule has 0 aromatic carbocycles. The van der Waals surface area contributed by atoms with Gasteiger partial charge in [-0.05, 0) is 0 Å². The lowest BCUT2D eigenvalue weighted by atomic mass is 9.96. The van der Waals surface area contributed by atoms with Gasteiger partial charge in [0.05, 0.1) is 0 Å². The number of carbonyl (C=O) groups is 7. The highest BCUT2D eigenvalue weighted by Crippen LogP contribution is 2.36. The van der Waals surface area contributed by atoms with Crippen LogP contribution >= 0.6 is 15.9 Å². The minimum atomic E-state index is -1.73. The van der Waals surface area contributed by atoms with Crippen LogP contribution in [0.5, 0.6) is 0 Å². The molecule has 10 atom stereocenters. The van der Waals surface area contributed by atoms with Gasteiger partial charge in [0.1, 0.15) is 31.5 Å². The van der Waals surface area contributed by atoms with Crippen molar-refractivity contribution < 1.29 is 80.9 Å². The predicted molar refractivity (Wildman–Crippen MR) is 142 cm³/mol. The lowest BCUT2D eigenvalue weighted by molar-refractivity contribution is -0.341. The molecule has 0 amide bonds. The largest absolute Gasteiger partial charge is 0.463 e. The number of halogens is 1. The zero-order chi connectivity index (χ0) is 33.3. The predicted octanol–water partition coefficient (Wildman–Crippen LogP) is 0.00100. The highest BCUT2D eigenvalue weighted by atomic mass is 79.9. The number of hydrogen-bond donors (Lipinski definition) is 0. The van der Waals surface area contributed by atoms with Crippen LogP contribution in [0.2, 0.25) is 0 Å². The second kappa shape index (κ2) is 16.6. The van der Waals surface area contributed by atoms with Gasteiger partial charge in [0.15, 0.2) is 41.8 Å². The molecular formula is C26H35BrO17. The topological polar surface area (TPSA) is 212 Å². The van der Waals surface area contributed by atoms with E-state index in [4.69, 9.17) is 47.4 Å². The highest BCUT2D eigenvalue weighted by molar-refractivity contribution is 9.09. The Morgan fingerprint density at radius 1 is 0.477 bits per heavy atom. The molecule has 0 spiro atoms. The summed E-state index contributed by atoms with van der Waals surface area (Å²) in [6.45, 7) is 6.57. The molecule has 0 bridgehead atoms. The molecule has 18 heteroatoms. The zero-order valence-electron chi connectivity index (χ0n) is 25.0. The first-order valence-electron chi connectivity index (χ1n) is 13.2. The van der Waals surface area contributed by atoms with Gasteiger partial charge in [-0.1, -0.05) is 15.9 Å². The average Bonchev–Trinajstić information content (AvgIpc) is 2.87. The van der Waals surface area contributed by atoms with Gasteiger partial charge in [-0.2, -0.15) is 0 Å². The van der Waals surface area contributed by atoms with Gasteiger partial charge in [-0.3, -0.25) is 33.6 Å². The molecule has 248 valence electrons. The molecule has 0 saturated carbocycles. The molecule has 2 aliphatic heterocycles. The number of esters is 7. The molecule has 2 aliphatic rings. The molecule has 4 unspecified atom stereocenters. The van der Waals surface area contributed by atoms with Gasteiger partial charge in [-0.25, -0.2) is 0 Å². The first-order valence-corrected chi connectivity index (χ1v) is 14.1. The van der Waals surface area contributed by atoms with Crippen LogP contribution in [-0.4, -0.2) is 115 Å². The van der Waals surface area contributed by atoms with E-state index in [1.54, 1.807) is 0 Å². The van der Waals surface area contributed by atoms with Crippen molar-refractivity contribution in [1.29, 1.82) is 0 Å². The summed E-state index contributed by atoms with van der Waals surface area (Å²) in [5.74, 6) is -5.63. The third-order valence-electron chi connectivity index (χ3n) is 5.87. The van der Waals surface area contributed by atoms with Gasteiger partial charge in [0, 0.05) is 48.5 Å². The number of alkyl halides is 1. The lowest BCUT2D eigenvalue weighted by Gasteiger charge is -2.48. The van der Waals surface area contributed by atoms with Crippen LogP contribution in [0.3, 0.4) is 0 Å². The summed E-state index contributed by atoms with van der Waals surface area (Å²) >= 11 is 3.23. The molecule has 0 aliphatic carbocycles. The molecule has 17 nitrogen and oxygen atoms in total.